The Labute approximate surface area is 234 Å². The largest absolute Gasteiger partial charge is 0.416 e. The summed E-state index contributed by atoms with van der Waals surface area (Å²) in [6, 6.07) is 9.89. The molecule has 7 nitrogen and oxygen atoms in total. The number of carbonyl (C=O) groups excluding carboxylic acids is 1. The van der Waals surface area contributed by atoms with Gasteiger partial charge in [0.2, 0.25) is 5.91 Å². The lowest BCUT2D eigenvalue weighted by Crippen LogP contribution is -2.56. The molecule has 0 radical (unpaired) electrons. The van der Waals surface area contributed by atoms with Gasteiger partial charge in [0.1, 0.15) is 6.04 Å². The molecule has 2 fully saturated rings. The standard InChI is InChI=1S/C28H33F6N5O2/c1-36(8-7-20-17-22(27(29,30)31)19-23(18-20)28(32,33)34)25(40)24(21-5-3-2-4-6-21)37-9-11-38(12-10-37)26(35)39-13-15-41-16-14-39/h2-6,17-19,24,35H,7-16H2,1H3/t24-/m0/s1. The first kappa shape index (κ1) is 30.6. The lowest BCUT2D eigenvalue weighted by Gasteiger charge is -2.43. The Balaban J connectivity index is 1.46. The van der Waals surface area contributed by atoms with Crippen LogP contribution in [0.2, 0.25) is 0 Å². The van der Waals surface area contributed by atoms with Crippen LogP contribution in [0.3, 0.4) is 0 Å². The second kappa shape index (κ2) is 12.7. The summed E-state index contributed by atoms with van der Waals surface area (Å²) in [5, 5.41) is 8.57. The highest BCUT2D eigenvalue weighted by Crippen LogP contribution is 2.36. The van der Waals surface area contributed by atoms with Crippen LogP contribution in [0.25, 0.3) is 0 Å². The van der Waals surface area contributed by atoms with Crippen LogP contribution in [0.4, 0.5) is 26.3 Å². The van der Waals surface area contributed by atoms with E-state index in [4.69, 9.17) is 10.1 Å². The second-order valence-corrected chi connectivity index (χ2v) is 10.2. The number of hydrogen-bond donors (Lipinski definition) is 1. The maximum Gasteiger partial charge on any atom is 0.416 e. The van der Waals surface area contributed by atoms with Gasteiger partial charge >= 0.3 is 12.4 Å². The van der Waals surface area contributed by atoms with Crippen molar-refractivity contribution in [2.75, 3.05) is 66.1 Å². The number of rotatable bonds is 6. The number of benzene rings is 2. The molecule has 1 amide bonds. The van der Waals surface area contributed by atoms with Crippen LogP contribution in [-0.2, 0) is 28.3 Å². The van der Waals surface area contributed by atoms with E-state index in [9.17, 15) is 31.1 Å². The first-order valence-electron chi connectivity index (χ1n) is 13.3. The van der Waals surface area contributed by atoms with Crippen molar-refractivity contribution in [3.63, 3.8) is 0 Å². The molecule has 1 N–H and O–H groups in total. The molecule has 224 valence electrons. The number of nitrogens with zero attached hydrogens (tertiary/aromatic N) is 4. The van der Waals surface area contributed by atoms with Gasteiger partial charge in [-0.1, -0.05) is 30.3 Å². The van der Waals surface area contributed by atoms with Crippen molar-refractivity contribution < 1.29 is 35.9 Å². The van der Waals surface area contributed by atoms with Gasteiger partial charge < -0.3 is 19.4 Å². The van der Waals surface area contributed by atoms with Crippen molar-refractivity contribution in [1.29, 1.82) is 5.41 Å². The van der Waals surface area contributed by atoms with E-state index in [1.165, 1.54) is 11.9 Å². The van der Waals surface area contributed by atoms with Crippen LogP contribution in [0.1, 0.15) is 28.3 Å². The smallest absolute Gasteiger partial charge is 0.378 e. The molecule has 2 aromatic rings. The molecule has 0 saturated carbocycles. The molecule has 2 aromatic carbocycles. The minimum absolute atomic E-state index is 0.0670. The molecule has 2 aliphatic heterocycles. The molecular formula is C28H33F6N5O2. The van der Waals surface area contributed by atoms with E-state index in [0.29, 0.717) is 70.6 Å². The van der Waals surface area contributed by atoms with E-state index in [0.717, 1.165) is 5.56 Å². The molecule has 4 rings (SSSR count). The summed E-state index contributed by atoms with van der Waals surface area (Å²) in [6.45, 7) is 4.40. The van der Waals surface area contributed by atoms with Crippen LogP contribution in [0.15, 0.2) is 48.5 Å². The Hall–Kier alpha value is -3.32. The zero-order valence-electron chi connectivity index (χ0n) is 22.6. The number of hydrogen-bond acceptors (Lipinski definition) is 4. The van der Waals surface area contributed by atoms with Crippen LogP contribution in [0.5, 0.6) is 0 Å². The first-order chi connectivity index (χ1) is 19.3. The quantitative estimate of drug-likeness (QED) is 0.311. The third-order valence-corrected chi connectivity index (χ3v) is 7.40. The molecule has 0 unspecified atom stereocenters. The van der Waals surface area contributed by atoms with Crippen LogP contribution < -0.4 is 0 Å². The fourth-order valence-electron chi connectivity index (χ4n) is 5.09. The molecule has 0 spiro atoms. The lowest BCUT2D eigenvalue weighted by atomic mass is 10.0. The van der Waals surface area contributed by atoms with E-state index in [-0.39, 0.29) is 30.5 Å². The summed E-state index contributed by atoms with van der Waals surface area (Å²) in [7, 11) is 1.50. The van der Waals surface area contributed by atoms with Crippen molar-refractivity contribution in [1.82, 2.24) is 19.6 Å². The number of carbonyl (C=O) groups is 1. The Morgan fingerprint density at radius 3 is 1.95 bits per heavy atom. The maximum atomic E-state index is 13.7. The number of halogens is 6. The number of amides is 1. The van der Waals surface area contributed by atoms with Gasteiger partial charge in [0.15, 0.2) is 5.96 Å². The van der Waals surface area contributed by atoms with Gasteiger partial charge in [-0.2, -0.15) is 26.3 Å². The van der Waals surface area contributed by atoms with E-state index < -0.39 is 29.5 Å². The number of alkyl halides is 6. The first-order valence-corrected chi connectivity index (χ1v) is 13.3. The zero-order chi connectivity index (χ0) is 29.8. The van der Waals surface area contributed by atoms with Crippen molar-refractivity contribution in [3.05, 3.63) is 70.8 Å². The van der Waals surface area contributed by atoms with Crippen LogP contribution >= 0.6 is 0 Å². The summed E-state index contributed by atoms with van der Waals surface area (Å²) >= 11 is 0. The van der Waals surface area contributed by atoms with Gasteiger partial charge in [0, 0.05) is 52.9 Å². The summed E-state index contributed by atoms with van der Waals surface area (Å²) in [6.07, 6.45) is -10.0. The van der Waals surface area contributed by atoms with E-state index >= 15 is 0 Å². The fourth-order valence-corrected chi connectivity index (χ4v) is 5.09. The minimum Gasteiger partial charge on any atom is -0.378 e. The molecule has 41 heavy (non-hydrogen) atoms. The van der Waals surface area contributed by atoms with Gasteiger partial charge in [-0.3, -0.25) is 15.1 Å². The Kier molecular flexibility index (Phi) is 9.48. The maximum absolute atomic E-state index is 13.7. The van der Waals surface area contributed by atoms with Crippen molar-refractivity contribution in [2.24, 2.45) is 0 Å². The molecule has 0 aromatic heterocycles. The molecule has 1 atom stereocenters. The van der Waals surface area contributed by atoms with Crippen molar-refractivity contribution in [2.45, 2.75) is 24.8 Å². The van der Waals surface area contributed by atoms with Gasteiger partial charge in [-0.05, 0) is 35.7 Å². The van der Waals surface area contributed by atoms with E-state index in [2.05, 4.69) is 0 Å². The minimum atomic E-state index is -4.93. The number of ether oxygens (including phenoxy) is 1. The highest BCUT2D eigenvalue weighted by Gasteiger charge is 2.37. The number of piperazine rings is 1. The van der Waals surface area contributed by atoms with Crippen molar-refractivity contribution in [3.8, 4) is 0 Å². The number of guanidine groups is 1. The van der Waals surface area contributed by atoms with Crippen molar-refractivity contribution >= 4 is 11.9 Å². The SMILES string of the molecule is CN(CCc1cc(C(F)(F)F)cc(C(F)(F)F)c1)C(=O)[C@H](c1ccccc1)N1CCN(C(=N)N2CCOCC2)CC1. The molecule has 2 saturated heterocycles. The summed E-state index contributed by atoms with van der Waals surface area (Å²) < 4.78 is 85.1. The predicted octanol–water partition coefficient (Wildman–Crippen LogP) is 4.35. The van der Waals surface area contributed by atoms with Crippen LogP contribution in [-0.4, -0.2) is 97.5 Å². The third kappa shape index (κ3) is 7.70. The molecule has 0 bridgehead atoms. The normalized spacial score (nSPS) is 17.8. The van der Waals surface area contributed by atoms with E-state index in [1.54, 1.807) is 12.1 Å². The predicted molar refractivity (Wildman–Crippen MR) is 140 cm³/mol. The summed E-state index contributed by atoms with van der Waals surface area (Å²) in [5.41, 5.74) is -2.17. The number of nitrogens with one attached hydrogen (secondary N) is 1. The molecule has 0 aliphatic carbocycles. The molecule has 2 heterocycles. The van der Waals surface area contributed by atoms with Crippen LogP contribution in [0, 0.1) is 5.41 Å². The Morgan fingerprint density at radius 2 is 1.41 bits per heavy atom. The van der Waals surface area contributed by atoms with Gasteiger partial charge in [-0.25, -0.2) is 0 Å². The lowest BCUT2D eigenvalue weighted by molar-refractivity contribution is -0.143. The molecule has 2 aliphatic rings. The zero-order valence-corrected chi connectivity index (χ0v) is 22.6. The van der Waals surface area contributed by atoms with E-state index in [1.807, 2.05) is 32.9 Å². The Morgan fingerprint density at radius 1 is 0.878 bits per heavy atom. The number of morpholine rings is 1. The highest BCUT2D eigenvalue weighted by molar-refractivity contribution is 5.83. The average molecular weight is 586 g/mol. The summed E-state index contributed by atoms with van der Waals surface area (Å²) in [4.78, 5) is 21.0. The van der Waals surface area contributed by atoms with Gasteiger partial charge in [-0.15, -0.1) is 0 Å². The second-order valence-electron chi connectivity index (χ2n) is 10.2. The number of likely N-dealkylation sites (N-methyl/N-ethyl adjacent to an activating group) is 1. The Bertz CT molecular complexity index is 1160. The average Bonchev–Trinajstić information content (AvgIpc) is 2.96. The monoisotopic (exact) mass is 585 g/mol. The third-order valence-electron chi connectivity index (χ3n) is 7.40. The summed E-state index contributed by atoms with van der Waals surface area (Å²) in [5.74, 6) is 0.114. The topological polar surface area (TPSA) is 63.1 Å². The van der Waals surface area contributed by atoms with Gasteiger partial charge in [0.05, 0.1) is 24.3 Å². The highest BCUT2D eigenvalue weighted by atomic mass is 19.4. The molecule has 13 heteroatoms. The van der Waals surface area contributed by atoms with Gasteiger partial charge in [0.25, 0.3) is 0 Å². The fraction of sp³-hybridized carbons (Fsp3) is 0.500. The molecular weight excluding hydrogens is 552 g/mol.